The van der Waals surface area contributed by atoms with Crippen LogP contribution in [0.25, 0.3) is 0 Å². The van der Waals surface area contributed by atoms with Crippen molar-refractivity contribution in [2.75, 3.05) is 26.4 Å². The first-order chi connectivity index (χ1) is 26.3. The van der Waals surface area contributed by atoms with E-state index in [1.165, 1.54) is 25.7 Å². The second kappa shape index (κ2) is 38.4. The molecule has 3 N–H and O–H groups in total. The standard InChI is InChI=1S/C43H71O10P/c1-3-5-7-9-11-13-15-17-19-21-23-25-27-29-31-33-35-43(47)53-41(37-45)39-51-54(48,49)50-38-40(36-44)52-42(46)34-32-30-28-26-24-22-20-18-16-14-12-10-8-6-4-2/h6,8,12-15,18-21,24,26,30,32,40-41,44-45H,3-5,7,9-11,16-17,22-23,25,27-29,31,33-39H2,1-2H3,(H,48,49)/b8-6-,14-12-,15-13-,20-18-,21-19-,26-24-,32-30-. The van der Waals surface area contributed by atoms with Gasteiger partial charge in [-0.3, -0.25) is 18.6 Å². The number of ether oxygens (including phenoxy) is 2. The van der Waals surface area contributed by atoms with Crippen LogP contribution in [-0.2, 0) is 32.7 Å². The average molecular weight is 779 g/mol. The van der Waals surface area contributed by atoms with Crippen LogP contribution in [0.5, 0.6) is 0 Å². The Hall–Kier alpha value is -2.85. The third kappa shape index (κ3) is 36.1. The molecular formula is C43H71O10P. The van der Waals surface area contributed by atoms with Crippen LogP contribution < -0.4 is 0 Å². The van der Waals surface area contributed by atoms with Crippen molar-refractivity contribution in [3.8, 4) is 0 Å². The van der Waals surface area contributed by atoms with E-state index in [1.807, 2.05) is 18.2 Å². The van der Waals surface area contributed by atoms with E-state index >= 15 is 0 Å². The Morgan fingerprint density at radius 1 is 0.537 bits per heavy atom. The Balaban J connectivity index is 4.11. The fourth-order valence-electron chi connectivity index (χ4n) is 4.81. The molecule has 3 atom stereocenters. The molecule has 54 heavy (non-hydrogen) atoms. The summed E-state index contributed by atoms with van der Waals surface area (Å²) in [5.41, 5.74) is 0. The van der Waals surface area contributed by atoms with E-state index in [9.17, 15) is 29.3 Å². The van der Waals surface area contributed by atoms with Gasteiger partial charge in [-0.2, -0.15) is 0 Å². The smallest absolute Gasteiger partial charge is 0.457 e. The maximum atomic E-state index is 12.3. The number of allylic oxidation sites excluding steroid dienone is 13. The third-order valence-electron chi connectivity index (χ3n) is 7.87. The summed E-state index contributed by atoms with van der Waals surface area (Å²) in [6, 6.07) is 0. The van der Waals surface area contributed by atoms with Gasteiger partial charge in [-0.25, -0.2) is 4.57 Å². The molecule has 308 valence electrons. The molecule has 0 amide bonds. The summed E-state index contributed by atoms with van der Waals surface area (Å²) in [5.74, 6) is -1.17. The van der Waals surface area contributed by atoms with Gasteiger partial charge in [-0.15, -0.1) is 0 Å². The Labute approximate surface area is 326 Å². The number of phosphoric acid groups is 1. The number of aliphatic hydroxyl groups is 2. The van der Waals surface area contributed by atoms with Gasteiger partial charge in [0.25, 0.3) is 0 Å². The van der Waals surface area contributed by atoms with Gasteiger partial charge in [0.2, 0.25) is 0 Å². The second-order valence-electron chi connectivity index (χ2n) is 12.9. The van der Waals surface area contributed by atoms with E-state index in [0.29, 0.717) is 12.8 Å². The van der Waals surface area contributed by atoms with Gasteiger partial charge in [0.15, 0.2) is 0 Å². The van der Waals surface area contributed by atoms with Crippen molar-refractivity contribution < 1.29 is 47.8 Å². The second-order valence-corrected chi connectivity index (χ2v) is 14.3. The number of phosphoric ester groups is 1. The highest BCUT2D eigenvalue weighted by Crippen LogP contribution is 2.43. The lowest BCUT2D eigenvalue weighted by molar-refractivity contribution is -0.153. The molecule has 0 aromatic rings. The van der Waals surface area contributed by atoms with Crippen molar-refractivity contribution in [1.82, 2.24) is 0 Å². The minimum atomic E-state index is -4.67. The minimum Gasteiger partial charge on any atom is -0.457 e. The molecule has 11 heteroatoms. The van der Waals surface area contributed by atoms with Gasteiger partial charge in [-0.05, 0) is 70.6 Å². The normalized spacial score (nSPS) is 14.8. The van der Waals surface area contributed by atoms with Crippen LogP contribution in [-0.4, -0.2) is 65.7 Å². The van der Waals surface area contributed by atoms with E-state index in [4.69, 9.17) is 18.5 Å². The fraction of sp³-hybridized carbons (Fsp3) is 0.628. The highest BCUT2D eigenvalue weighted by Gasteiger charge is 2.27. The molecule has 0 aliphatic carbocycles. The largest absolute Gasteiger partial charge is 0.472 e. The molecule has 0 heterocycles. The van der Waals surface area contributed by atoms with Crippen LogP contribution in [0.15, 0.2) is 85.1 Å². The number of carbonyl (C=O) groups excluding carboxylic acids is 2. The van der Waals surface area contributed by atoms with Gasteiger partial charge in [0.1, 0.15) is 12.2 Å². The zero-order valence-electron chi connectivity index (χ0n) is 33.1. The zero-order chi connectivity index (χ0) is 39.8. The molecular weight excluding hydrogens is 707 g/mol. The third-order valence-corrected chi connectivity index (χ3v) is 8.83. The quantitative estimate of drug-likeness (QED) is 0.0243. The summed E-state index contributed by atoms with van der Waals surface area (Å²) >= 11 is 0. The Bertz CT molecular complexity index is 1170. The highest BCUT2D eigenvalue weighted by atomic mass is 31.2. The topological polar surface area (TPSA) is 149 Å². The summed E-state index contributed by atoms with van der Waals surface area (Å²) in [4.78, 5) is 34.4. The van der Waals surface area contributed by atoms with Gasteiger partial charge >= 0.3 is 19.8 Å². The first-order valence-electron chi connectivity index (χ1n) is 20.0. The monoisotopic (exact) mass is 778 g/mol. The van der Waals surface area contributed by atoms with E-state index in [1.54, 1.807) is 6.08 Å². The lowest BCUT2D eigenvalue weighted by atomic mass is 10.1. The molecule has 0 aromatic carbocycles. The molecule has 0 rings (SSSR count). The molecule has 0 aromatic heterocycles. The lowest BCUT2D eigenvalue weighted by Gasteiger charge is -2.20. The van der Waals surface area contributed by atoms with Gasteiger partial charge in [0.05, 0.1) is 32.8 Å². The summed E-state index contributed by atoms with van der Waals surface area (Å²) in [5, 5.41) is 19.1. The van der Waals surface area contributed by atoms with Crippen molar-refractivity contribution in [2.45, 2.75) is 148 Å². The van der Waals surface area contributed by atoms with Crippen molar-refractivity contribution in [3.05, 3.63) is 85.1 Å². The first kappa shape index (κ1) is 51.1. The predicted octanol–water partition coefficient (Wildman–Crippen LogP) is 10.3. The van der Waals surface area contributed by atoms with E-state index in [2.05, 4.69) is 74.6 Å². The number of hydrogen-bond acceptors (Lipinski definition) is 9. The van der Waals surface area contributed by atoms with Crippen LogP contribution in [0.3, 0.4) is 0 Å². The van der Waals surface area contributed by atoms with Crippen molar-refractivity contribution in [1.29, 1.82) is 0 Å². The van der Waals surface area contributed by atoms with Gasteiger partial charge in [-0.1, -0.05) is 137 Å². The van der Waals surface area contributed by atoms with E-state index in [-0.39, 0.29) is 12.8 Å². The molecule has 0 bridgehead atoms. The molecule has 0 radical (unpaired) electrons. The maximum Gasteiger partial charge on any atom is 0.472 e. The zero-order valence-corrected chi connectivity index (χ0v) is 34.0. The first-order valence-corrected chi connectivity index (χ1v) is 21.5. The van der Waals surface area contributed by atoms with Gasteiger partial charge in [0, 0.05) is 6.42 Å². The van der Waals surface area contributed by atoms with Crippen LogP contribution in [0.2, 0.25) is 0 Å². The molecule has 0 spiro atoms. The number of carbonyl (C=O) groups is 2. The molecule has 10 nitrogen and oxygen atoms in total. The Morgan fingerprint density at radius 3 is 1.43 bits per heavy atom. The minimum absolute atomic E-state index is 0.0456. The van der Waals surface area contributed by atoms with Crippen molar-refractivity contribution >= 4 is 19.8 Å². The number of aliphatic hydroxyl groups excluding tert-OH is 2. The van der Waals surface area contributed by atoms with Crippen LogP contribution in [0.4, 0.5) is 0 Å². The lowest BCUT2D eigenvalue weighted by Crippen LogP contribution is -2.28. The van der Waals surface area contributed by atoms with Crippen molar-refractivity contribution in [3.63, 3.8) is 0 Å². The summed E-state index contributed by atoms with van der Waals surface area (Å²) in [7, 11) is -4.67. The number of rotatable bonds is 36. The molecule has 0 aliphatic rings. The molecule has 0 fully saturated rings. The summed E-state index contributed by atoms with van der Waals surface area (Å²) in [6.07, 6.45) is 44.4. The predicted molar refractivity (Wildman–Crippen MR) is 219 cm³/mol. The van der Waals surface area contributed by atoms with E-state index in [0.717, 1.165) is 70.6 Å². The number of esters is 2. The molecule has 0 saturated carbocycles. The average Bonchev–Trinajstić information content (AvgIpc) is 3.16. The Kier molecular flexibility index (Phi) is 36.4. The van der Waals surface area contributed by atoms with Crippen molar-refractivity contribution in [2.24, 2.45) is 0 Å². The molecule has 0 aliphatic heterocycles. The van der Waals surface area contributed by atoms with Gasteiger partial charge < -0.3 is 24.6 Å². The number of hydrogen-bond donors (Lipinski definition) is 3. The Morgan fingerprint density at radius 2 is 0.944 bits per heavy atom. The van der Waals surface area contributed by atoms with Crippen LogP contribution in [0, 0.1) is 0 Å². The molecule has 3 unspecified atom stereocenters. The fourth-order valence-corrected chi connectivity index (χ4v) is 5.59. The maximum absolute atomic E-state index is 12.3. The summed E-state index contributed by atoms with van der Waals surface area (Å²) < 4.78 is 32.4. The summed E-state index contributed by atoms with van der Waals surface area (Å²) in [6.45, 7) is 1.92. The SMILES string of the molecule is CC/C=C\C/C=C\C/C=C\C/C=C\C/C=C\CC(=O)OC(CO)COP(=O)(O)OCC(CO)OC(=O)CCCCCCC/C=C\C/C=C\CCCCCC. The highest BCUT2D eigenvalue weighted by molar-refractivity contribution is 7.47. The number of unbranched alkanes of at least 4 members (excludes halogenated alkanes) is 9. The molecule has 0 saturated heterocycles. The van der Waals surface area contributed by atoms with Crippen LogP contribution in [0.1, 0.15) is 136 Å². The van der Waals surface area contributed by atoms with E-state index < -0.39 is 58.4 Å². The van der Waals surface area contributed by atoms with Crippen LogP contribution >= 0.6 is 7.82 Å².